The maximum atomic E-state index is 12.4. The van der Waals surface area contributed by atoms with E-state index in [1.54, 1.807) is 0 Å². The lowest BCUT2D eigenvalue weighted by Gasteiger charge is -2.16. The van der Waals surface area contributed by atoms with Crippen LogP contribution in [0.3, 0.4) is 0 Å². The number of hydrogen-bond donors (Lipinski definition) is 1. The van der Waals surface area contributed by atoms with Crippen molar-refractivity contribution in [2.75, 3.05) is 24.2 Å². The molecule has 0 unspecified atom stereocenters. The Balaban J connectivity index is 1.49. The van der Waals surface area contributed by atoms with Crippen LogP contribution in [0.4, 0.5) is 5.82 Å². The highest BCUT2D eigenvalue weighted by Crippen LogP contribution is 2.25. The number of halogens is 2. The van der Waals surface area contributed by atoms with Gasteiger partial charge in [0.25, 0.3) is 0 Å². The lowest BCUT2D eigenvalue weighted by Crippen LogP contribution is -2.21. The van der Waals surface area contributed by atoms with E-state index >= 15 is 0 Å². The van der Waals surface area contributed by atoms with Crippen molar-refractivity contribution in [2.45, 2.75) is 24.5 Å². The second kappa shape index (κ2) is 9.78. The number of thioether (sulfide) groups is 1. The third kappa shape index (κ3) is 5.13. The van der Waals surface area contributed by atoms with E-state index in [9.17, 15) is 4.79 Å². The van der Waals surface area contributed by atoms with Gasteiger partial charge in [0, 0.05) is 11.9 Å². The topological polar surface area (TPSA) is 75.9 Å². The second-order valence-electron chi connectivity index (χ2n) is 6.87. The first-order valence-corrected chi connectivity index (χ1v) is 11.3. The van der Waals surface area contributed by atoms with Crippen LogP contribution in [0.25, 0.3) is 5.69 Å². The largest absolute Gasteiger partial charge is 0.309 e. The highest BCUT2D eigenvalue weighted by Gasteiger charge is 2.20. The van der Waals surface area contributed by atoms with Gasteiger partial charge in [0.05, 0.1) is 22.3 Å². The third-order valence-corrected chi connectivity index (χ3v) is 6.10. The summed E-state index contributed by atoms with van der Waals surface area (Å²) in [6.45, 7) is 2.88. The zero-order valence-corrected chi connectivity index (χ0v) is 18.4. The molecule has 2 aromatic heterocycles. The quantitative estimate of drug-likeness (QED) is 0.527. The van der Waals surface area contributed by atoms with Gasteiger partial charge >= 0.3 is 0 Å². The summed E-state index contributed by atoms with van der Waals surface area (Å²) < 4.78 is 2.02. The molecule has 3 aromatic rings. The van der Waals surface area contributed by atoms with Crippen LogP contribution in [0.15, 0.2) is 47.8 Å². The monoisotopic (exact) mass is 462 g/mol. The molecule has 1 aromatic carbocycles. The predicted octanol–water partition coefficient (Wildman–Crippen LogP) is 4.30. The van der Waals surface area contributed by atoms with E-state index in [-0.39, 0.29) is 17.5 Å². The van der Waals surface area contributed by atoms with E-state index in [0.717, 1.165) is 31.1 Å². The minimum atomic E-state index is -0.236. The number of carbonyl (C=O) groups is 1. The minimum absolute atomic E-state index is 0.148. The Bertz CT molecular complexity index is 1020. The van der Waals surface area contributed by atoms with Crippen molar-refractivity contribution >= 4 is 46.7 Å². The van der Waals surface area contributed by atoms with Crippen LogP contribution in [0.5, 0.6) is 0 Å². The summed E-state index contributed by atoms with van der Waals surface area (Å²) in [5, 5.41) is 12.8. The van der Waals surface area contributed by atoms with Gasteiger partial charge in [0.2, 0.25) is 5.91 Å². The molecule has 4 rings (SSSR count). The fraction of sp³-hybridized carbons (Fsp3) is 0.300. The third-order valence-electron chi connectivity index (χ3n) is 4.68. The molecule has 1 N–H and O–H groups in total. The van der Waals surface area contributed by atoms with Crippen molar-refractivity contribution in [3.8, 4) is 5.69 Å². The molecule has 1 aliphatic rings. The fourth-order valence-electron chi connectivity index (χ4n) is 3.28. The standard InChI is InChI=1S/C20H20Cl2N6OS/c21-14-10-16(22)19(23-11-14)24-18(29)13-30-20-26-25-17(12-27-8-4-5-9-27)28(20)15-6-2-1-3-7-15/h1-3,6-7,10-11H,4-5,8-9,12-13H2,(H,23,24,29). The van der Waals surface area contributed by atoms with Gasteiger partial charge in [-0.3, -0.25) is 14.3 Å². The van der Waals surface area contributed by atoms with Gasteiger partial charge in [0.1, 0.15) is 0 Å². The molecule has 0 bridgehead atoms. The van der Waals surface area contributed by atoms with E-state index in [1.165, 1.54) is 36.9 Å². The zero-order chi connectivity index (χ0) is 20.9. The van der Waals surface area contributed by atoms with Gasteiger partial charge in [0.15, 0.2) is 16.8 Å². The van der Waals surface area contributed by atoms with Crippen LogP contribution < -0.4 is 5.32 Å². The van der Waals surface area contributed by atoms with Crippen LogP contribution >= 0.6 is 35.0 Å². The Hall–Kier alpha value is -2.13. The highest BCUT2D eigenvalue weighted by atomic mass is 35.5. The minimum Gasteiger partial charge on any atom is -0.309 e. The van der Waals surface area contributed by atoms with Crippen molar-refractivity contribution in [1.82, 2.24) is 24.6 Å². The normalized spacial score (nSPS) is 14.2. The van der Waals surface area contributed by atoms with E-state index in [2.05, 4.69) is 25.4 Å². The molecular formula is C20H20Cl2N6OS. The molecule has 3 heterocycles. The maximum absolute atomic E-state index is 12.4. The molecule has 0 saturated carbocycles. The summed E-state index contributed by atoms with van der Waals surface area (Å²) in [7, 11) is 0. The number of anilines is 1. The molecule has 1 aliphatic heterocycles. The summed E-state index contributed by atoms with van der Waals surface area (Å²) in [4.78, 5) is 18.9. The van der Waals surface area contributed by atoms with Crippen LogP contribution in [-0.4, -0.2) is 49.4 Å². The Labute approximate surface area is 188 Å². The molecule has 7 nitrogen and oxygen atoms in total. The van der Waals surface area contributed by atoms with Crippen molar-refractivity contribution < 1.29 is 4.79 Å². The summed E-state index contributed by atoms with van der Waals surface area (Å²) in [6.07, 6.45) is 3.86. The lowest BCUT2D eigenvalue weighted by atomic mass is 10.3. The highest BCUT2D eigenvalue weighted by molar-refractivity contribution is 7.99. The molecule has 1 saturated heterocycles. The maximum Gasteiger partial charge on any atom is 0.236 e. The number of nitrogens with one attached hydrogen (secondary N) is 1. The average Bonchev–Trinajstić information content (AvgIpc) is 3.39. The molecule has 0 aliphatic carbocycles. The Kier molecular flexibility index (Phi) is 6.89. The molecule has 0 atom stereocenters. The fourth-order valence-corrected chi connectivity index (χ4v) is 4.48. The SMILES string of the molecule is O=C(CSc1nnc(CN2CCCC2)n1-c1ccccc1)Nc1ncc(Cl)cc1Cl. The van der Waals surface area contributed by atoms with Crippen LogP contribution in [0.1, 0.15) is 18.7 Å². The summed E-state index contributed by atoms with van der Waals surface area (Å²) in [5.41, 5.74) is 0.974. The summed E-state index contributed by atoms with van der Waals surface area (Å²) in [5.74, 6) is 1.06. The van der Waals surface area contributed by atoms with Crippen LogP contribution in [0, 0.1) is 0 Å². The van der Waals surface area contributed by atoms with Gasteiger partial charge in [-0.05, 0) is 44.1 Å². The molecule has 30 heavy (non-hydrogen) atoms. The Morgan fingerprint density at radius 2 is 1.90 bits per heavy atom. The van der Waals surface area contributed by atoms with Crippen molar-refractivity contribution in [2.24, 2.45) is 0 Å². The first-order valence-electron chi connectivity index (χ1n) is 9.56. The molecule has 1 fully saturated rings. The second-order valence-corrected chi connectivity index (χ2v) is 8.66. The van der Waals surface area contributed by atoms with Gasteiger partial charge in [-0.1, -0.05) is 53.2 Å². The van der Waals surface area contributed by atoms with Gasteiger partial charge in [-0.25, -0.2) is 4.98 Å². The molecule has 0 spiro atoms. The summed E-state index contributed by atoms with van der Waals surface area (Å²) >= 11 is 13.2. The Morgan fingerprint density at radius 1 is 1.13 bits per heavy atom. The van der Waals surface area contributed by atoms with E-state index in [1.807, 2.05) is 34.9 Å². The number of pyridine rings is 1. The van der Waals surface area contributed by atoms with Crippen LogP contribution in [0.2, 0.25) is 10.0 Å². The number of carbonyl (C=O) groups excluding carboxylic acids is 1. The van der Waals surface area contributed by atoms with Crippen molar-refractivity contribution in [3.05, 3.63) is 58.5 Å². The van der Waals surface area contributed by atoms with Crippen molar-refractivity contribution in [3.63, 3.8) is 0 Å². The van der Waals surface area contributed by atoms with Gasteiger partial charge < -0.3 is 5.32 Å². The van der Waals surface area contributed by atoms with Gasteiger partial charge in [-0.2, -0.15) is 0 Å². The first kappa shape index (κ1) is 21.1. The number of amides is 1. The molecule has 0 radical (unpaired) electrons. The molecule has 10 heteroatoms. The Morgan fingerprint density at radius 3 is 2.63 bits per heavy atom. The molecular weight excluding hydrogens is 443 g/mol. The van der Waals surface area contributed by atoms with E-state index in [4.69, 9.17) is 23.2 Å². The summed E-state index contributed by atoms with van der Waals surface area (Å²) in [6, 6.07) is 11.5. The number of rotatable bonds is 7. The van der Waals surface area contributed by atoms with Gasteiger partial charge in [-0.15, -0.1) is 10.2 Å². The molecule has 1 amide bonds. The zero-order valence-electron chi connectivity index (χ0n) is 16.1. The lowest BCUT2D eigenvalue weighted by molar-refractivity contribution is -0.113. The van der Waals surface area contributed by atoms with E-state index in [0.29, 0.717) is 15.2 Å². The number of likely N-dealkylation sites (tertiary alicyclic amines) is 1. The number of benzene rings is 1. The smallest absolute Gasteiger partial charge is 0.236 e. The van der Waals surface area contributed by atoms with Crippen molar-refractivity contribution in [1.29, 1.82) is 0 Å². The van der Waals surface area contributed by atoms with Crippen LogP contribution in [-0.2, 0) is 11.3 Å². The number of nitrogens with zero attached hydrogens (tertiary/aromatic N) is 5. The average molecular weight is 463 g/mol. The predicted molar refractivity (Wildman–Crippen MR) is 119 cm³/mol. The van der Waals surface area contributed by atoms with E-state index < -0.39 is 0 Å². The number of aromatic nitrogens is 4. The number of hydrogen-bond acceptors (Lipinski definition) is 6. The molecule has 156 valence electrons. The number of para-hydroxylation sites is 1. The first-order chi connectivity index (χ1) is 14.6.